The maximum atomic E-state index is 13.3. The molecule has 5 nitrogen and oxygen atoms in total. The first-order valence-electron chi connectivity index (χ1n) is 14.3. The Morgan fingerprint density at radius 1 is 0.800 bits per heavy atom. The molecule has 2 aliphatic rings. The number of likely N-dealkylation sites (tertiary alicyclic amines) is 1. The van der Waals surface area contributed by atoms with Crippen molar-refractivity contribution < 1.29 is 18.7 Å². The van der Waals surface area contributed by atoms with E-state index in [1.807, 2.05) is 50.8 Å². The van der Waals surface area contributed by atoms with Gasteiger partial charge in [-0.2, -0.15) is 0 Å². The molecular formula is C34H43NO4Si. The van der Waals surface area contributed by atoms with Gasteiger partial charge in [-0.15, -0.1) is 0 Å². The highest BCUT2D eigenvalue weighted by molar-refractivity contribution is 6.99. The molecule has 3 aromatic carbocycles. The minimum atomic E-state index is -2.76. The van der Waals surface area contributed by atoms with E-state index in [0.29, 0.717) is 13.2 Å². The van der Waals surface area contributed by atoms with Crippen LogP contribution in [0.3, 0.4) is 0 Å². The number of hydrogen-bond donors (Lipinski definition) is 0. The van der Waals surface area contributed by atoms with Crippen molar-refractivity contribution in [3.8, 4) is 0 Å². The molecule has 0 aliphatic carbocycles. The Morgan fingerprint density at radius 3 is 1.80 bits per heavy atom. The summed E-state index contributed by atoms with van der Waals surface area (Å²) >= 11 is 0. The smallest absolute Gasteiger partial charge is 0.261 e. The number of ether oxygens (including phenoxy) is 2. The maximum absolute atomic E-state index is 13.3. The van der Waals surface area contributed by atoms with Crippen LogP contribution in [0, 0.1) is 5.41 Å². The lowest BCUT2D eigenvalue weighted by atomic mass is 9.70. The van der Waals surface area contributed by atoms with E-state index in [0.717, 1.165) is 5.56 Å². The molecule has 0 radical (unpaired) electrons. The van der Waals surface area contributed by atoms with Crippen molar-refractivity contribution in [2.75, 3.05) is 6.61 Å². The summed E-state index contributed by atoms with van der Waals surface area (Å²) in [7, 11) is -2.76. The number of rotatable bonds is 8. The Balaban J connectivity index is 1.49. The molecule has 6 heteroatoms. The zero-order valence-electron chi connectivity index (χ0n) is 24.9. The Morgan fingerprint density at radius 2 is 1.30 bits per heavy atom. The summed E-state index contributed by atoms with van der Waals surface area (Å²) in [4.78, 5) is 15.3. The van der Waals surface area contributed by atoms with Gasteiger partial charge in [-0.05, 0) is 48.7 Å². The molecule has 0 saturated carbocycles. The van der Waals surface area contributed by atoms with Gasteiger partial charge in [0.25, 0.3) is 8.32 Å². The van der Waals surface area contributed by atoms with Gasteiger partial charge in [-0.25, -0.2) is 0 Å². The molecule has 212 valence electrons. The van der Waals surface area contributed by atoms with Crippen molar-refractivity contribution in [3.63, 3.8) is 0 Å². The van der Waals surface area contributed by atoms with E-state index >= 15 is 0 Å². The van der Waals surface area contributed by atoms with E-state index in [1.54, 1.807) is 0 Å². The lowest BCUT2D eigenvalue weighted by molar-refractivity contribution is -0.193. The number of nitrogens with zero attached hydrogens (tertiary/aromatic N) is 1. The highest BCUT2D eigenvalue weighted by atomic mass is 28.4. The molecule has 2 saturated heterocycles. The number of β-lactam (4-membered cyclic amide) rings is 1. The second-order valence-corrected chi connectivity index (χ2v) is 17.5. The van der Waals surface area contributed by atoms with Crippen LogP contribution in [0.1, 0.15) is 54.0 Å². The van der Waals surface area contributed by atoms with Gasteiger partial charge in [-0.3, -0.25) is 4.79 Å². The Kier molecular flexibility index (Phi) is 7.59. The van der Waals surface area contributed by atoms with E-state index in [-0.39, 0.29) is 29.2 Å². The number of amides is 1. The molecule has 0 aromatic heterocycles. The first-order chi connectivity index (χ1) is 18.9. The molecule has 40 heavy (non-hydrogen) atoms. The maximum Gasteiger partial charge on any atom is 0.261 e. The van der Waals surface area contributed by atoms with Crippen LogP contribution < -0.4 is 10.4 Å². The Labute approximate surface area is 240 Å². The summed E-state index contributed by atoms with van der Waals surface area (Å²) in [5.74, 6) is -0.640. The summed E-state index contributed by atoms with van der Waals surface area (Å²) in [6, 6.07) is 31.3. The van der Waals surface area contributed by atoms with Crippen molar-refractivity contribution in [1.82, 2.24) is 4.90 Å². The summed E-state index contributed by atoms with van der Waals surface area (Å²) in [6.07, 6.45) is -0.642. The fourth-order valence-electron chi connectivity index (χ4n) is 6.71. The van der Waals surface area contributed by atoms with Gasteiger partial charge < -0.3 is 18.8 Å². The van der Waals surface area contributed by atoms with E-state index < -0.39 is 19.5 Å². The summed E-state index contributed by atoms with van der Waals surface area (Å²) in [5.41, 5.74) is 0.549. The summed E-state index contributed by atoms with van der Waals surface area (Å²) < 4.78 is 20.4. The molecule has 0 bridgehead atoms. The van der Waals surface area contributed by atoms with Gasteiger partial charge in [0.2, 0.25) is 5.91 Å². The van der Waals surface area contributed by atoms with Crippen molar-refractivity contribution >= 4 is 24.6 Å². The number of benzene rings is 3. The molecule has 5 rings (SSSR count). The van der Waals surface area contributed by atoms with Crippen LogP contribution in [0.15, 0.2) is 91.0 Å². The van der Waals surface area contributed by atoms with Crippen molar-refractivity contribution in [1.29, 1.82) is 0 Å². The van der Waals surface area contributed by atoms with Crippen LogP contribution in [0.25, 0.3) is 0 Å². The third-order valence-corrected chi connectivity index (χ3v) is 13.5. The Hall–Kier alpha value is -2.77. The van der Waals surface area contributed by atoms with Crippen molar-refractivity contribution in [2.24, 2.45) is 5.41 Å². The van der Waals surface area contributed by atoms with E-state index in [4.69, 9.17) is 13.9 Å². The van der Waals surface area contributed by atoms with Gasteiger partial charge in [0, 0.05) is 6.54 Å². The molecule has 2 aliphatic heterocycles. The second-order valence-electron chi connectivity index (χ2n) is 13.2. The second kappa shape index (κ2) is 10.6. The highest BCUT2D eigenvalue weighted by Gasteiger charge is 2.62. The lowest BCUT2D eigenvalue weighted by Gasteiger charge is -2.55. The Bertz CT molecular complexity index is 1260. The quantitative estimate of drug-likeness (QED) is 0.270. The van der Waals surface area contributed by atoms with E-state index in [1.165, 1.54) is 10.4 Å². The lowest BCUT2D eigenvalue weighted by Crippen LogP contribution is -2.72. The molecular weight excluding hydrogens is 514 g/mol. The molecule has 2 heterocycles. The third-order valence-electron chi connectivity index (χ3n) is 8.50. The van der Waals surface area contributed by atoms with Gasteiger partial charge in [-0.1, -0.05) is 112 Å². The highest BCUT2D eigenvalue weighted by Crippen LogP contribution is 2.47. The van der Waals surface area contributed by atoms with Crippen LogP contribution >= 0.6 is 0 Å². The van der Waals surface area contributed by atoms with E-state index in [9.17, 15) is 4.79 Å². The fourth-order valence-corrected chi connectivity index (χ4v) is 11.3. The predicted molar refractivity (Wildman–Crippen MR) is 162 cm³/mol. The van der Waals surface area contributed by atoms with Gasteiger partial charge >= 0.3 is 0 Å². The molecule has 1 amide bonds. The standard InChI is InChI=1S/C34H43NO4Si/c1-32(2,3)40(26-19-13-9-14-20-26,27-21-15-10-16-22-27)37-24-28-29(39-34(6,7)38-28)30-33(4,5)31(36)35(30)23-25-17-11-8-12-18-25/h8-22,28-30H,23-24H2,1-7H3/t28-,29+,30-/m0/s1. The van der Waals surface area contributed by atoms with Crippen LogP contribution in [0.2, 0.25) is 5.04 Å². The van der Waals surface area contributed by atoms with Gasteiger partial charge in [0.05, 0.1) is 18.1 Å². The monoisotopic (exact) mass is 557 g/mol. The molecule has 3 atom stereocenters. The van der Waals surface area contributed by atoms with Gasteiger partial charge in [0.15, 0.2) is 5.79 Å². The van der Waals surface area contributed by atoms with Crippen molar-refractivity contribution in [2.45, 2.75) is 84.1 Å². The number of carbonyl (C=O) groups is 1. The summed E-state index contributed by atoms with van der Waals surface area (Å²) in [5, 5.41) is 2.31. The SMILES string of the molecule is CC1(C)O[C@@H]([C@@H]2N(Cc3ccccc3)C(=O)C2(C)C)[C@H](CO[Si](c2ccccc2)(c2ccccc2)C(C)(C)C)O1. The minimum absolute atomic E-state index is 0.130. The van der Waals surface area contributed by atoms with Crippen LogP contribution in [0.4, 0.5) is 0 Å². The fraction of sp³-hybridized carbons (Fsp3) is 0.441. The number of hydrogen-bond acceptors (Lipinski definition) is 4. The molecule has 2 fully saturated rings. The molecule has 0 N–H and O–H groups in total. The zero-order valence-corrected chi connectivity index (χ0v) is 25.9. The topological polar surface area (TPSA) is 48.0 Å². The average Bonchev–Trinajstić information content (AvgIpc) is 3.22. The van der Waals surface area contributed by atoms with Gasteiger partial charge in [0.1, 0.15) is 12.2 Å². The first-order valence-corrected chi connectivity index (χ1v) is 16.2. The molecule has 3 aromatic rings. The largest absolute Gasteiger partial charge is 0.405 e. The molecule has 0 unspecified atom stereocenters. The summed E-state index contributed by atoms with van der Waals surface area (Å²) in [6.45, 7) is 15.7. The third kappa shape index (κ3) is 5.07. The predicted octanol–water partition coefficient (Wildman–Crippen LogP) is 5.52. The average molecular weight is 558 g/mol. The first kappa shape index (κ1) is 28.7. The normalized spacial score (nSPS) is 24.1. The van der Waals surface area contributed by atoms with E-state index in [2.05, 4.69) is 93.6 Å². The van der Waals surface area contributed by atoms with Crippen LogP contribution in [-0.4, -0.2) is 49.8 Å². The van der Waals surface area contributed by atoms with Crippen LogP contribution in [0.5, 0.6) is 0 Å². The minimum Gasteiger partial charge on any atom is -0.405 e. The zero-order chi connectivity index (χ0) is 28.8. The molecule has 0 spiro atoms. The van der Waals surface area contributed by atoms with Crippen molar-refractivity contribution in [3.05, 3.63) is 96.6 Å². The van der Waals surface area contributed by atoms with Crippen LogP contribution in [-0.2, 0) is 25.2 Å². The number of carbonyl (C=O) groups excluding carboxylic acids is 1.